The van der Waals surface area contributed by atoms with Crippen molar-refractivity contribution in [3.63, 3.8) is 0 Å². The smallest absolute Gasteiger partial charge is 0.259 e. The molecule has 3 nitrogen and oxygen atoms in total. The third-order valence-electron chi connectivity index (χ3n) is 3.23. The van der Waals surface area contributed by atoms with E-state index in [0.717, 1.165) is 4.70 Å². The molecule has 0 fully saturated rings. The molecule has 1 aromatic carbocycles. The first kappa shape index (κ1) is 13.0. The van der Waals surface area contributed by atoms with E-state index < -0.39 is 11.9 Å². The first-order valence-electron chi connectivity index (χ1n) is 6.16. The maximum atomic E-state index is 13.6. The normalized spacial score (nSPS) is 12.7. The molecule has 20 heavy (non-hydrogen) atoms. The van der Waals surface area contributed by atoms with E-state index >= 15 is 0 Å². The van der Waals surface area contributed by atoms with Crippen LogP contribution in [0.4, 0.5) is 4.39 Å². The fourth-order valence-electron chi connectivity index (χ4n) is 2.18. The summed E-state index contributed by atoms with van der Waals surface area (Å²) in [6, 6.07) is 9.63. The third-order valence-corrected chi connectivity index (χ3v) is 4.11. The molecule has 0 aliphatic carbocycles. The quantitative estimate of drug-likeness (QED) is 0.805. The van der Waals surface area contributed by atoms with Crippen LogP contribution in [0.1, 0.15) is 11.7 Å². The lowest BCUT2D eigenvalue weighted by molar-refractivity contribution is 0.151. The van der Waals surface area contributed by atoms with Gasteiger partial charge in [0, 0.05) is 16.5 Å². The summed E-state index contributed by atoms with van der Waals surface area (Å²) in [6.45, 7) is 0.0333. The lowest BCUT2D eigenvalue weighted by Gasteiger charge is -2.13. The van der Waals surface area contributed by atoms with Gasteiger partial charge in [0.05, 0.1) is 18.0 Å². The predicted octanol–water partition coefficient (Wildman–Crippen LogP) is 2.94. The summed E-state index contributed by atoms with van der Waals surface area (Å²) in [5.41, 5.74) is 0.0314. The van der Waals surface area contributed by atoms with Crippen molar-refractivity contribution in [1.29, 1.82) is 0 Å². The Labute approximate surface area is 118 Å². The van der Waals surface area contributed by atoms with Crippen molar-refractivity contribution in [2.24, 2.45) is 0 Å². The highest BCUT2D eigenvalue weighted by Gasteiger charge is 2.14. The minimum atomic E-state index is -1.05. The molecule has 0 spiro atoms. The number of aliphatic hydroxyl groups is 1. The van der Waals surface area contributed by atoms with Gasteiger partial charge in [0.1, 0.15) is 5.82 Å². The molecule has 0 bridgehead atoms. The Balaban J connectivity index is 1.95. The van der Waals surface area contributed by atoms with E-state index in [-0.39, 0.29) is 17.7 Å². The third kappa shape index (κ3) is 2.26. The maximum absolute atomic E-state index is 13.6. The largest absolute Gasteiger partial charge is 0.386 e. The van der Waals surface area contributed by atoms with Crippen LogP contribution >= 0.6 is 11.3 Å². The van der Waals surface area contributed by atoms with Crippen LogP contribution in [0.2, 0.25) is 0 Å². The van der Waals surface area contributed by atoms with Crippen LogP contribution < -0.4 is 5.56 Å². The van der Waals surface area contributed by atoms with Crippen molar-refractivity contribution in [2.45, 2.75) is 12.6 Å². The monoisotopic (exact) mass is 289 g/mol. The molecule has 0 amide bonds. The van der Waals surface area contributed by atoms with E-state index in [0.29, 0.717) is 5.39 Å². The number of fused-ring (bicyclic) bond motifs is 1. The van der Waals surface area contributed by atoms with Gasteiger partial charge in [0.2, 0.25) is 0 Å². The lowest BCUT2D eigenvalue weighted by atomic mass is 10.1. The Hall–Kier alpha value is -1.98. The molecule has 2 heterocycles. The molecule has 3 aromatic rings. The van der Waals surface area contributed by atoms with Crippen LogP contribution in [0.25, 0.3) is 10.1 Å². The van der Waals surface area contributed by atoms with E-state index in [1.807, 2.05) is 11.4 Å². The average Bonchev–Trinajstić information content (AvgIpc) is 2.91. The fourth-order valence-corrected chi connectivity index (χ4v) is 2.95. The molecule has 2 aromatic heterocycles. The number of hydrogen-bond acceptors (Lipinski definition) is 3. The molecule has 0 aliphatic heterocycles. The lowest BCUT2D eigenvalue weighted by Crippen LogP contribution is -2.22. The Morgan fingerprint density at radius 1 is 1.25 bits per heavy atom. The first-order chi connectivity index (χ1) is 9.66. The highest BCUT2D eigenvalue weighted by Crippen LogP contribution is 2.20. The van der Waals surface area contributed by atoms with Gasteiger partial charge in [-0.3, -0.25) is 4.79 Å². The zero-order valence-electron chi connectivity index (χ0n) is 10.5. The standard InChI is InChI=1S/C15H12FNO2S/c16-12-4-2-1-3-10(12)13(18)9-17-7-5-14-11(15(17)19)6-8-20-14/h1-8,13,18H,9H2/t13-/m1/s1. The topological polar surface area (TPSA) is 42.2 Å². The van der Waals surface area contributed by atoms with Crippen molar-refractivity contribution in [2.75, 3.05) is 0 Å². The molecule has 3 rings (SSSR count). The highest BCUT2D eigenvalue weighted by molar-refractivity contribution is 7.17. The van der Waals surface area contributed by atoms with Gasteiger partial charge in [0.25, 0.3) is 5.56 Å². The summed E-state index contributed by atoms with van der Waals surface area (Å²) in [4.78, 5) is 12.2. The van der Waals surface area contributed by atoms with Crippen molar-refractivity contribution in [3.05, 3.63) is 69.7 Å². The number of rotatable bonds is 3. The van der Waals surface area contributed by atoms with Crippen LogP contribution in [-0.4, -0.2) is 9.67 Å². The molecule has 0 aliphatic rings. The Morgan fingerprint density at radius 3 is 2.85 bits per heavy atom. The second-order valence-electron chi connectivity index (χ2n) is 4.51. The Kier molecular flexibility index (Phi) is 3.38. The summed E-state index contributed by atoms with van der Waals surface area (Å²) in [5, 5.41) is 12.6. The minimum Gasteiger partial charge on any atom is -0.386 e. The van der Waals surface area contributed by atoms with E-state index in [1.165, 1.54) is 28.0 Å². The SMILES string of the molecule is O=c1c2ccsc2ccn1C[C@@H](O)c1ccccc1F. The number of halogens is 1. The minimum absolute atomic E-state index is 0.0333. The number of benzene rings is 1. The number of pyridine rings is 1. The summed E-state index contributed by atoms with van der Waals surface area (Å²) in [5.74, 6) is -0.468. The molecule has 102 valence electrons. The van der Waals surface area contributed by atoms with Crippen molar-refractivity contribution < 1.29 is 9.50 Å². The zero-order valence-corrected chi connectivity index (χ0v) is 11.3. The molecule has 0 unspecified atom stereocenters. The van der Waals surface area contributed by atoms with Gasteiger partial charge in [-0.25, -0.2) is 4.39 Å². The zero-order chi connectivity index (χ0) is 14.1. The fraction of sp³-hybridized carbons (Fsp3) is 0.133. The van der Waals surface area contributed by atoms with Gasteiger partial charge in [0.15, 0.2) is 0 Å². The molecular weight excluding hydrogens is 277 g/mol. The van der Waals surface area contributed by atoms with Gasteiger partial charge in [-0.2, -0.15) is 0 Å². The molecule has 0 saturated heterocycles. The van der Waals surface area contributed by atoms with E-state index in [9.17, 15) is 14.3 Å². The van der Waals surface area contributed by atoms with E-state index in [1.54, 1.807) is 24.4 Å². The maximum Gasteiger partial charge on any atom is 0.259 e. The first-order valence-corrected chi connectivity index (χ1v) is 7.04. The number of aliphatic hydroxyl groups excluding tert-OH is 1. The predicted molar refractivity (Wildman–Crippen MR) is 77.4 cm³/mol. The highest BCUT2D eigenvalue weighted by atomic mass is 32.1. The van der Waals surface area contributed by atoms with Crippen molar-refractivity contribution in [3.8, 4) is 0 Å². The van der Waals surface area contributed by atoms with Crippen molar-refractivity contribution >= 4 is 21.4 Å². The van der Waals surface area contributed by atoms with Gasteiger partial charge in [-0.1, -0.05) is 18.2 Å². The molecule has 5 heteroatoms. The molecule has 1 N–H and O–H groups in total. The van der Waals surface area contributed by atoms with Crippen LogP contribution in [0.5, 0.6) is 0 Å². The van der Waals surface area contributed by atoms with Gasteiger partial charge >= 0.3 is 0 Å². The van der Waals surface area contributed by atoms with Crippen LogP contribution in [0.3, 0.4) is 0 Å². The summed E-state index contributed by atoms with van der Waals surface area (Å²) in [7, 11) is 0. The van der Waals surface area contributed by atoms with Gasteiger partial charge in [-0.05, 0) is 23.6 Å². The van der Waals surface area contributed by atoms with E-state index in [4.69, 9.17) is 0 Å². The van der Waals surface area contributed by atoms with Gasteiger partial charge in [-0.15, -0.1) is 11.3 Å². The van der Waals surface area contributed by atoms with Crippen LogP contribution in [0.15, 0.2) is 52.8 Å². The average molecular weight is 289 g/mol. The number of nitrogens with zero attached hydrogens (tertiary/aromatic N) is 1. The Morgan fingerprint density at radius 2 is 2.05 bits per heavy atom. The second-order valence-corrected chi connectivity index (χ2v) is 5.46. The van der Waals surface area contributed by atoms with E-state index in [2.05, 4.69) is 0 Å². The number of hydrogen-bond donors (Lipinski definition) is 1. The molecule has 1 atom stereocenters. The van der Waals surface area contributed by atoms with Crippen LogP contribution in [-0.2, 0) is 6.54 Å². The molecule has 0 saturated carbocycles. The molecular formula is C15H12FNO2S. The van der Waals surface area contributed by atoms with Crippen LogP contribution in [0, 0.1) is 5.82 Å². The van der Waals surface area contributed by atoms with Gasteiger partial charge < -0.3 is 9.67 Å². The summed E-state index contributed by atoms with van der Waals surface area (Å²) >= 11 is 1.49. The summed E-state index contributed by atoms with van der Waals surface area (Å²) in [6.07, 6.45) is 0.579. The Bertz CT molecular complexity index is 809. The molecule has 0 radical (unpaired) electrons. The summed E-state index contributed by atoms with van der Waals surface area (Å²) < 4.78 is 15.9. The number of thiophene rings is 1. The number of aromatic nitrogens is 1. The second kappa shape index (κ2) is 5.19. The van der Waals surface area contributed by atoms with Crippen molar-refractivity contribution in [1.82, 2.24) is 4.57 Å².